The van der Waals surface area contributed by atoms with E-state index >= 15 is 0 Å². The Morgan fingerprint density at radius 1 is 1.36 bits per heavy atom. The first-order chi connectivity index (χ1) is 6.50. The normalized spacial score (nSPS) is 18.6. The number of aryl methyl sites for hydroxylation is 2. The first-order valence-corrected chi connectivity index (χ1v) is 5.12. The van der Waals surface area contributed by atoms with Crippen LogP contribution in [-0.4, -0.2) is 11.6 Å². The van der Waals surface area contributed by atoms with Gasteiger partial charge in [0.1, 0.15) is 5.75 Å². The van der Waals surface area contributed by atoms with E-state index in [4.69, 9.17) is 4.74 Å². The van der Waals surface area contributed by atoms with Crippen molar-refractivity contribution in [3.63, 3.8) is 0 Å². The lowest BCUT2D eigenvalue weighted by molar-refractivity contribution is 0.231. The average Bonchev–Trinajstić information content (AvgIpc) is 2.06. The molecule has 2 rings (SSSR count). The highest BCUT2D eigenvalue weighted by atomic mass is 16.5. The monoisotopic (exact) mass is 191 g/mol. The summed E-state index contributed by atoms with van der Waals surface area (Å²) in [5, 5.41) is 0. The second kappa shape index (κ2) is 2.97. The number of hydrogen-bond acceptors (Lipinski definition) is 2. The fourth-order valence-electron chi connectivity index (χ4n) is 2.04. The highest BCUT2D eigenvalue weighted by molar-refractivity contribution is 5.44. The van der Waals surface area contributed by atoms with Gasteiger partial charge in [-0.05, 0) is 31.7 Å². The number of nitrogens with zero attached hydrogens (tertiary/aromatic N) is 1. The Morgan fingerprint density at radius 3 is 2.79 bits per heavy atom. The van der Waals surface area contributed by atoms with Gasteiger partial charge in [0, 0.05) is 11.3 Å². The quantitative estimate of drug-likeness (QED) is 0.629. The molecule has 0 radical (unpaired) electrons. The summed E-state index contributed by atoms with van der Waals surface area (Å²) in [7, 11) is 0. The Balaban J connectivity index is 2.63. The van der Waals surface area contributed by atoms with Crippen molar-refractivity contribution in [2.75, 3.05) is 6.61 Å². The van der Waals surface area contributed by atoms with Gasteiger partial charge in [0.15, 0.2) is 0 Å². The van der Waals surface area contributed by atoms with Gasteiger partial charge in [-0.15, -0.1) is 0 Å². The van der Waals surface area contributed by atoms with E-state index in [1.165, 1.54) is 5.56 Å². The van der Waals surface area contributed by atoms with Crippen molar-refractivity contribution in [1.82, 2.24) is 4.98 Å². The Hall–Kier alpha value is -1.05. The molecule has 0 unspecified atom stereocenters. The topological polar surface area (TPSA) is 22.1 Å². The predicted molar refractivity (Wildman–Crippen MR) is 56.8 cm³/mol. The third kappa shape index (κ3) is 1.39. The number of pyridine rings is 1. The minimum Gasteiger partial charge on any atom is -0.491 e. The molecule has 1 aromatic rings. The van der Waals surface area contributed by atoms with Crippen LogP contribution in [0.4, 0.5) is 0 Å². The molecule has 14 heavy (non-hydrogen) atoms. The summed E-state index contributed by atoms with van der Waals surface area (Å²) in [6.07, 6.45) is 1.09. The van der Waals surface area contributed by atoms with Crippen LogP contribution in [0.1, 0.15) is 37.2 Å². The van der Waals surface area contributed by atoms with Crippen LogP contribution in [0, 0.1) is 13.8 Å². The second-order valence-corrected chi connectivity index (χ2v) is 4.71. The van der Waals surface area contributed by atoms with Crippen molar-refractivity contribution >= 4 is 0 Å². The number of ether oxygens (including phenoxy) is 1. The van der Waals surface area contributed by atoms with Gasteiger partial charge in [0.2, 0.25) is 0 Å². The van der Waals surface area contributed by atoms with Crippen LogP contribution in [0.25, 0.3) is 0 Å². The zero-order chi connectivity index (χ0) is 10.3. The van der Waals surface area contributed by atoms with E-state index in [-0.39, 0.29) is 5.41 Å². The minimum absolute atomic E-state index is 0.228. The maximum absolute atomic E-state index is 5.68. The summed E-state index contributed by atoms with van der Waals surface area (Å²) in [4.78, 5) is 4.43. The van der Waals surface area contributed by atoms with E-state index in [2.05, 4.69) is 24.9 Å². The highest BCUT2D eigenvalue weighted by Gasteiger charge is 2.30. The number of fused-ring (bicyclic) bond motifs is 1. The maximum atomic E-state index is 5.68. The van der Waals surface area contributed by atoms with Crippen LogP contribution in [0.15, 0.2) is 6.07 Å². The van der Waals surface area contributed by atoms with E-state index in [0.29, 0.717) is 0 Å². The van der Waals surface area contributed by atoms with Crippen molar-refractivity contribution in [2.45, 2.75) is 39.5 Å². The molecule has 0 N–H and O–H groups in total. The van der Waals surface area contributed by atoms with Gasteiger partial charge >= 0.3 is 0 Å². The molecule has 0 saturated heterocycles. The van der Waals surface area contributed by atoms with E-state index in [0.717, 1.165) is 30.2 Å². The zero-order valence-corrected chi connectivity index (χ0v) is 9.35. The average molecular weight is 191 g/mol. The molecule has 0 bridgehead atoms. The van der Waals surface area contributed by atoms with Gasteiger partial charge in [0.05, 0.1) is 12.3 Å². The first kappa shape index (κ1) is 9.50. The Kier molecular flexibility index (Phi) is 2.02. The third-order valence-electron chi connectivity index (χ3n) is 2.97. The molecule has 0 aliphatic carbocycles. The lowest BCUT2D eigenvalue weighted by atomic mass is 9.79. The summed E-state index contributed by atoms with van der Waals surface area (Å²) in [5.41, 5.74) is 3.65. The van der Waals surface area contributed by atoms with Crippen molar-refractivity contribution in [2.24, 2.45) is 0 Å². The van der Waals surface area contributed by atoms with Gasteiger partial charge in [-0.2, -0.15) is 0 Å². The Bertz CT molecular complexity index is 369. The van der Waals surface area contributed by atoms with Crippen LogP contribution >= 0.6 is 0 Å². The molecule has 1 aliphatic rings. The van der Waals surface area contributed by atoms with Crippen molar-refractivity contribution in [3.8, 4) is 5.75 Å². The lowest BCUT2D eigenvalue weighted by Gasteiger charge is -2.33. The SMILES string of the molecule is Cc1cc2c(c(C)n1)OCCC2(C)C. The standard InChI is InChI=1S/C12H17NO/c1-8-7-10-11(9(2)13-8)14-6-5-12(10,3)4/h7H,5-6H2,1-4H3. The van der Waals surface area contributed by atoms with E-state index in [1.807, 2.05) is 13.8 Å². The molecule has 0 fully saturated rings. The molecule has 2 nitrogen and oxygen atoms in total. The van der Waals surface area contributed by atoms with Crippen molar-refractivity contribution in [1.29, 1.82) is 0 Å². The molecule has 1 aliphatic heterocycles. The van der Waals surface area contributed by atoms with Crippen LogP contribution in [0.3, 0.4) is 0 Å². The molecule has 2 heterocycles. The predicted octanol–water partition coefficient (Wildman–Crippen LogP) is 2.76. The molecule has 76 valence electrons. The van der Waals surface area contributed by atoms with Crippen LogP contribution < -0.4 is 4.74 Å². The zero-order valence-electron chi connectivity index (χ0n) is 9.35. The minimum atomic E-state index is 0.228. The van der Waals surface area contributed by atoms with Crippen LogP contribution in [-0.2, 0) is 5.41 Å². The highest BCUT2D eigenvalue weighted by Crippen LogP contribution is 2.39. The number of aromatic nitrogens is 1. The fourth-order valence-corrected chi connectivity index (χ4v) is 2.04. The summed E-state index contributed by atoms with van der Waals surface area (Å²) in [6, 6.07) is 2.15. The molecule has 2 heteroatoms. The Morgan fingerprint density at radius 2 is 2.07 bits per heavy atom. The molecule has 0 saturated carbocycles. The molecule has 0 spiro atoms. The summed E-state index contributed by atoms with van der Waals surface area (Å²) >= 11 is 0. The van der Waals surface area contributed by atoms with Crippen LogP contribution in [0.5, 0.6) is 5.75 Å². The van der Waals surface area contributed by atoms with E-state index < -0.39 is 0 Å². The van der Waals surface area contributed by atoms with Gasteiger partial charge in [-0.25, -0.2) is 0 Å². The van der Waals surface area contributed by atoms with Crippen LogP contribution in [0.2, 0.25) is 0 Å². The second-order valence-electron chi connectivity index (χ2n) is 4.71. The molecular weight excluding hydrogens is 174 g/mol. The first-order valence-electron chi connectivity index (χ1n) is 5.12. The maximum Gasteiger partial charge on any atom is 0.144 e. The van der Waals surface area contributed by atoms with Gasteiger partial charge in [0.25, 0.3) is 0 Å². The third-order valence-corrected chi connectivity index (χ3v) is 2.97. The molecular formula is C12H17NO. The smallest absolute Gasteiger partial charge is 0.144 e. The number of rotatable bonds is 0. The molecule has 0 aromatic carbocycles. The number of hydrogen-bond donors (Lipinski definition) is 0. The summed E-state index contributed by atoms with van der Waals surface area (Å²) in [5.74, 6) is 1.01. The van der Waals surface area contributed by atoms with E-state index in [1.54, 1.807) is 0 Å². The largest absolute Gasteiger partial charge is 0.491 e. The van der Waals surface area contributed by atoms with Crippen molar-refractivity contribution < 1.29 is 4.74 Å². The summed E-state index contributed by atoms with van der Waals surface area (Å²) < 4.78 is 5.68. The lowest BCUT2D eigenvalue weighted by Crippen LogP contribution is -2.27. The van der Waals surface area contributed by atoms with E-state index in [9.17, 15) is 0 Å². The summed E-state index contributed by atoms with van der Waals surface area (Å²) in [6.45, 7) is 9.41. The fraction of sp³-hybridized carbons (Fsp3) is 0.583. The molecule has 1 aromatic heterocycles. The molecule has 0 atom stereocenters. The Labute approximate surface area is 85.3 Å². The molecule has 0 amide bonds. The van der Waals surface area contributed by atoms with Gasteiger partial charge in [-0.1, -0.05) is 13.8 Å². The van der Waals surface area contributed by atoms with Crippen molar-refractivity contribution in [3.05, 3.63) is 23.0 Å². The van der Waals surface area contributed by atoms with Gasteiger partial charge < -0.3 is 4.74 Å². The van der Waals surface area contributed by atoms with Gasteiger partial charge in [-0.3, -0.25) is 4.98 Å².